The van der Waals surface area contributed by atoms with Crippen molar-refractivity contribution in [2.75, 3.05) is 33.8 Å². The molecule has 0 unspecified atom stereocenters. The van der Waals surface area contributed by atoms with Gasteiger partial charge in [0.1, 0.15) is 0 Å². The lowest BCUT2D eigenvalue weighted by Crippen LogP contribution is -2.37. The van der Waals surface area contributed by atoms with Gasteiger partial charge in [0.15, 0.2) is 0 Å². The first-order chi connectivity index (χ1) is 10.8. The summed E-state index contributed by atoms with van der Waals surface area (Å²) in [6.07, 6.45) is -2.20. The van der Waals surface area contributed by atoms with Crippen molar-refractivity contribution >= 4 is 6.03 Å². The number of carbonyl (C=O) groups excluding carboxylic acids is 1. The Morgan fingerprint density at radius 1 is 1.39 bits per heavy atom. The largest absolute Gasteiger partial charge is 0.481 e. The monoisotopic (exact) mass is 334 g/mol. The number of methoxy groups -OCH3 is 1. The zero-order valence-electron chi connectivity index (χ0n) is 13.1. The van der Waals surface area contributed by atoms with E-state index in [1.807, 2.05) is 0 Å². The number of nitrogens with one attached hydrogen (secondary N) is 2. The van der Waals surface area contributed by atoms with Crippen LogP contribution in [0.25, 0.3) is 0 Å². The third-order valence-corrected chi connectivity index (χ3v) is 2.93. The molecule has 0 aliphatic rings. The van der Waals surface area contributed by atoms with Gasteiger partial charge >= 0.3 is 12.2 Å². The Balaban J connectivity index is 2.20. The molecule has 2 amide bonds. The van der Waals surface area contributed by atoms with Gasteiger partial charge in [-0.05, 0) is 26.1 Å². The standard InChI is InChI=1S/C14H21F3N4O2/c1-21(10-14(15,16)17)8-4-7-19-13(22)20-9-11-5-3-6-18-12(11)23-2/h3,5-6H,4,7-10H2,1-2H3,(H2,19,20,22). The predicted molar refractivity (Wildman–Crippen MR) is 79.2 cm³/mol. The van der Waals surface area contributed by atoms with Crippen LogP contribution in [0.4, 0.5) is 18.0 Å². The normalized spacial score (nSPS) is 11.4. The zero-order valence-corrected chi connectivity index (χ0v) is 13.1. The molecule has 1 rings (SSSR count). The molecular weight excluding hydrogens is 313 g/mol. The van der Waals surface area contributed by atoms with E-state index in [-0.39, 0.29) is 19.6 Å². The number of urea groups is 1. The fraction of sp³-hybridized carbons (Fsp3) is 0.571. The third-order valence-electron chi connectivity index (χ3n) is 2.93. The second kappa shape index (κ2) is 9.19. The van der Waals surface area contributed by atoms with Crippen molar-refractivity contribution < 1.29 is 22.7 Å². The van der Waals surface area contributed by atoms with E-state index in [1.54, 1.807) is 18.3 Å². The molecule has 9 heteroatoms. The number of nitrogens with zero attached hydrogens (tertiary/aromatic N) is 2. The lowest BCUT2D eigenvalue weighted by Gasteiger charge is -2.18. The number of amides is 2. The van der Waals surface area contributed by atoms with Gasteiger partial charge in [-0.15, -0.1) is 0 Å². The summed E-state index contributed by atoms with van der Waals surface area (Å²) in [5, 5.41) is 5.23. The summed E-state index contributed by atoms with van der Waals surface area (Å²) < 4.78 is 41.5. The van der Waals surface area contributed by atoms with Gasteiger partial charge in [-0.3, -0.25) is 4.90 Å². The molecule has 0 aromatic carbocycles. The molecule has 0 spiro atoms. The van der Waals surface area contributed by atoms with Crippen LogP contribution in [0, 0.1) is 0 Å². The molecular formula is C14H21F3N4O2. The molecule has 0 atom stereocenters. The van der Waals surface area contributed by atoms with E-state index in [1.165, 1.54) is 19.1 Å². The summed E-state index contributed by atoms with van der Waals surface area (Å²) in [5.74, 6) is 0.432. The van der Waals surface area contributed by atoms with Crippen molar-refractivity contribution in [2.45, 2.75) is 19.1 Å². The summed E-state index contributed by atoms with van der Waals surface area (Å²) in [5.41, 5.74) is 0.732. The number of pyridine rings is 1. The van der Waals surface area contributed by atoms with Crippen molar-refractivity contribution in [3.05, 3.63) is 23.9 Å². The summed E-state index contributed by atoms with van der Waals surface area (Å²) in [4.78, 5) is 16.8. The minimum Gasteiger partial charge on any atom is -0.481 e. The van der Waals surface area contributed by atoms with Crippen molar-refractivity contribution in [3.63, 3.8) is 0 Å². The van der Waals surface area contributed by atoms with Gasteiger partial charge in [0, 0.05) is 24.8 Å². The highest BCUT2D eigenvalue weighted by Crippen LogP contribution is 2.15. The molecule has 0 fully saturated rings. The van der Waals surface area contributed by atoms with E-state index in [0.29, 0.717) is 12.3 Å². The Morgan fingerprint density at radius 3 is 2.78 bits per heavy atom. The quantitative estimate of drug-likeness (QED) is 0.711. The minimum absolute atomic E-state index is 0.246. The lowest BCUT2D eigenvalue weighted by atomic mass is 10.3. The van der Waals surface area contributed by atoms with Gasteiger partial charge in [-0.1, -0.05) is 6.07 Å². The van der Waals surface area contributed by atoms with Crippen LogP contribution in [-0.2, 0) is 6.54 Å². The maximum atomic E-state index is 12.1. The first-order valence-electron chi connectivity index (χ1n) is 7.06. The van der Waals surface area contributed by atoms with Crippen LogP contribution in [0.5, 0.6) is 5.88 Å². The summed E-state index contributed by atoms with van der Waals surface area (Å²) in [7, 11) is 2.88. The van der Waals surface area contributed by atoms with Crippen molar-refractivity contribution in [3.8, 4) is 5.88 Å². The number of alkyl halides is 3. The Hall–Kier alpha value is -2.03. The molecule has 130 valence electrons. The maximum absolute atomic E-state index is 12.1. The van der Waals surface area contributed by atoms with Crippen molar-refractivity contribution in [1.29, 1.82) is 0 Å². The molecule has 0 saturated heterocycles. The highest BCUT2D eigenvalue weighted by Gasteiger charge is 2.28. The fourth-order valence-electron chi connectivity index (χ4n) is 1.92. The van der Waals surface area contributed by atoms with E-state index >= 15 is 0 Å². The predicted octanol–water partition coefficient (Wildman–Crippen LogP) is 1.77. The van der Waals surface area contributed by atoms with Crippen LogP contribution < -0.4 is 15.4 Å². The topological polar surface area (TPSA) is 66.5 Å². The Labute approximate surface area is 133 Å². The summed E-state index contributed by atoms with van der Waals surface area (Å²) in [6, 6.07) is 3.11. The van der Waals surface area contributed by atoms with Gasteiger partial charge in [0.25, 0.3) is 0 Å². The van der Waals surface area contributed by atoms with Crippen LogP contribution in [0.3, 0.4) is 0 Å². The third kappa shape index (κ3) is 8.24. The first kappa shape index (κ1) is 19.0. The van der Waals surface area contributed by atoms with Crippen LogP contribution >= 0.6 is 0 Å². The number of halogens is 3. The van der Waals surface area contributed by atoms with Gasteiger partial charge < -0.3 is 15.4 Å². The van der Waals surface area contributed by atoms with Crippen LogP contribution in [0.1, 0.15) is 12.0 Å². The Morgan fingerprint density at radius 2 is 2.13 bits per heavy atom. The molecule has 0 bridgehead atoms. The highest BCUT2D eigenvalue weighted by atomic mass is 19.4. The van der Waals surface area contributed by atoms with Gasteiger partial charge in [0.2, 0.25) is 5.88 Å². The zero-order chi connectivity index (χ0) is 17.3. The molecule has 0 aliphatic carbocycles. The molecule has 1 heterocycles. The van der Waals surface area contributed by atoms with Gasteiger partial charge in [-0.2, -0.15) is 13.2 Å². The molecule has 2 N–H and O–H groups in total. The maximum Gasteiger partial charge on any atom is 0.401 e. The number of rotatable bonds is 8. The van der Waals surface area contributed by atoms with E-state index in [9.17, 15) is 18.0 Å². The van der Waals surface area contributed by atoms with Crippen LogP contribution in [0.2, 0.25) is 0 Å². The van der Waals surface area contributed by atoms with Crippen molar-refractivity contribution in [1.82, 2.24) is 20.5 Å². The molecule has 6 nitrogen and oxygen atoms in total. The van der Waals surface area contributed by atoms with E-state index in [0.717, 1.165) is 5.56 Å². The van der Waals surface area contributed by atoms with Gasteiger partial charge in [0.05, 0.1) is 13.7 Å². The second-order valence-corrected chi connectivity index (χ2v) is 4.99. The highest BCUT2D eigenvalue weighted by molar-refractivity contribution is 5.73. The Bertz CT molecular complexity index is 497. The SMILES string of the molecule is COc1ncccc1CNC(=O)NCCCN(C)CC(F)(F)F. The first-order valence-corrected chi connectivity index (χ1v) is 7.06. The Kier molecular flexibility index (Phi) is 7.60. The minimum atomic E-state index is -4.21. The number of ether oxygens (including phenoxy) is 1. The summed E-state index contributed by atoms with van der Waals surface area (Å²) >= 11 is 0. The van der Waals surface area contributed by atoms with Crippen LogP contribution in [-0.4, -0.2) is 55.9 Å². The van der Waals surface area contributed by atoms with E-state index in [4.69, 9.17) is 4.74 Å². The van der Waals surface area contributed by atoms with Gasteiger partial charge in [-0.25, -0.2) is 9.78 Å². The second-order valence-electron chi connectivity index (χ2n) is 4.99. The fourth-order valence-corrected chi connectivity index (χ4v) is 1.92. The lowest BCUT2D eigenvalue weighted by molar-refractivity contribution is -0.143. The number of hydrogen-bond donors (Lipinski definition) is 2. The molecule has 1 aromatic rings. The molecule has 0 saturated carbocycles. The van der Waals surface area contributed by atoms with Crippen LogP contribution in [0.15, 0.2) is 18.3 Å². The number of carbonyl (C=O) groups is 1. The molecule has 0 aliphatic heterocycles. The van der Waals surface area contributed by atoms with E-state index in [2.05, 4.69) is 15.6 Å². The molecule has 23 heavy (non-hydrogen) atoms. The average Bonchev–Trinajstić information content (AvgIpc) is 2.48. The van der Waals surface area contributed by atoms with Crippen molar-refractivity contribution in [2.24, 2.45) is 0 Å². The smallest absolute Gasteiger partial charge is 0.401 e. The average molecular weight is 334 g/mol. The molecule has 1 aromatic heterocycles. The molecule has 0 radical (unpaired) electrons. The summed E-state index contributed by atoms with van der Waals surface area (Å²) in [6.45, 7) is -0.175. The number of hydrogen-bond acceptors (Lipinski definition) is 4. The van der Waals surface area contributed by atoms with E-state index < -0.39 is 18.8 Å². The number of aromatic nitrogens is 1.